The molecule has 1 aliphatic rings. The summed E-state index contributed by atoms with van der Waals surface area (Å²) in [5.41, 5.74) is 3.85. The van der Waals surface area contributed by atoms with Crippen LogP contribution in [0.3, 0.4) is 0 Å². The molecule has 1 fully saturated rings. The number of aryl methyl sites for hydroxylation is 1. The fourth-order valence-electron chi connectivity index (χ4n) is 3.22. The van der Waals surface area contributed by atoms with E-state index in [1.54, 1.807) is 0 Å². The topological polar surface area (TPSA) is 47.2 Å². The van der Waals surface area contributed by atoms with Gasteiger partial charge >= 0.3 is 0 Å². The molecule has 0 atom stereocenters. The molecule has 0 saturated carbocycles. The minimum Gasteiger partial charge on any atom is -0.312 e. The van der Waals surface area contributed by atoms with Crippen molar-refractivity contribution in [2.24, 2.45) is 0 Å². The Balaban J connectivity index is 1.27. The molecule has 1 saturated heterocycles. The predicted molar refractivity (Wildman–Crippen MR) is 97.8 cm³/mol. The lowest BCUT2D eigenvalue weighted by Crippen LogP contribution is -2.46. The molecular weight excluding hydrogens is 298 g/mol. The maximum absolute atomic E-state index is 4.05. The Morgan fingerprint density at radius 3 is 2.54 bits per heavy atom. The summed E-state index contributed by atoms with van der Waals surface area (Å²) >= 11 is 0. The minimum absolute atomic E-state index is 0.910. The van der Waals surface area contributed by atoms with Crippen molar-refractivity contribution in [3.8, 4) is 0 Å². The van der Waals surface area contributed by atoms with Gasteiger partial charge in [-0.1, -0.05) is 30.3 Å². The van der Waals surface area contributed by atoms with Crippen molar-refractivity contribution in [2.75, 3.05) is 39.3 Å². The van der Waals surface area contributed by atoms with Gasteiger partial charge in [-0.2, -0.15) is 5.10 Å². The molecule has 0 radical (unpaired) electrons. The first kappa shape index (κ1) is 17.1. The van der Waals surface area contributed by atoms with Crippen LogP contribution in [0.1, 0.15) is 23.2 Å². The highest BCUT2D eigenvalue weighted by molar-refractivity contribution is 5.14. The highest BCUT2D eigenvalue weighted by Crippen LogP contribution is 2.08. The maximum Gasteiger partial charge on any atom is 0.0535 e. The number of hydrogen-bond acceptors (Lipinski definition) is 4. The highest BCUT2D eigenvalue weighted by atomic mass is 15.3. The average molecular weight is 327 g/mol. The van der Waals surface area contributed by atoms with Gasteiger partial charge in [0.2, 0.25) is 0 Å². The van der Waals surface area contributed by atoms with E-state index in [2.05, 4.69) is 62.6 Å². The molecule has 3 rings (SSSR count). The highest BCUT2D eigenvalue weighted by Gasteiger charge is 2.16. The first-order chi connectivity index (χ1) is 11.8. The molecule has 0 aliphatic carbocycles. The van der Waals surface area contributed by atoms with Gasteiger partial charge in [-0.05, 0) is 32.0 Å². The number of piperazine rings is 1. The number of aromatic nitrogens is 2. The summed E-state index contributed by atoms with van der Waals surface area (Å²) in [4.78, 5) is 5.15. The van der Waals surface area contributed by atoms with E-state index < -0.39 is 0 Å². The van der Waals surface area contributed by atoms with Gasteiger partial charge in [0.1, 0.15) is 0 Å². The van der Waals surface area contributed by atoms with Crippen molar-refractivity contribution in [3.05, 3.63) is 53.3 Å². The third-order valence-corrected chi connectivity index (χ3v) is 4.79. The number of nitrogens with zero attached hydrogens (tertiary/aromatic N) is 3. The summed E-state index contributed by atoms with van der Waals surface area (Å²) in [6, 6.07) is 10.8. The van der Waals surface area contributed by atoms with Crippen molar-refractivity contribution < 1.29 is 0 Å². The number of H-pyrrole nitrogens is 1. The molecule has 24 heavy (non-hydrogen) atoms. The normalized spacial score (nSPS) is 16.5. The summed E-state index contributed by atoms with van der Waals surface area (Å²) in [6.45, 7) is 11.0. The van der Waals surface area contributed by atoms with Crippen LogP contribution in [0.25, 0.3) is 0 Å². The second-order valence-electron chi connectivity index (χ2n) is 6.65. The van der Waals surface area contributed by atoms with Gasteiger partial charge in [0.15, 0.2) is 0 Å². The molecule has 5 nitrogen and oxygen atoms in total. The van der Waals surface area contributed by atoms with Gasteiger partial charge in [0.05, 0.1) is 6.20 Å². The van der Waals surface area contributed by atoms with Crippen LogP contribution in [-0.4, -0.2) is 59.3 Å². The molecule has 2 aromatic rings. The molecule has 0 amide bonds. The average Bonchev–Trinajstić information content (AvgIpc) is 3.02. The van der Waals surface area contributed by atoms with Crippen LogP contribution >= 0.6 is 0 Å². The Kier molecular flexibility index (Phi) is 6.41. The second kappa shape index (κ2) is 8.97. The van der Waals surface area contributed by atoms with E-state index >= 15 is 0 Å². The molecule has 1 aromatic carbocycles. The Bertz CT molecular complexity index is 587. The standard InChI is InChI=1S/C19H29N5/c1-17-19(15-21-22-17)14-20-8-5-9-23-10-12-24(13-11-23)16-18-6-3-2-4-7-18/h2-4,6-7,15,20H,5,8-14,16H2,1H3,(H,21,22). The SMILES string of the molecule is Cc1[nH]ncc1CNCCCN1CCN(Cc2ccccc2)CC1. The number of rotatable bonds is 8. The van der Waals surface area contributed by atoms with E-state index in [1.807, 2.05) is 6.20 Å². The first-order valence-corrected chi connectivity index (χ1v) is 8.99. The first-order valence-electron chi connectivity index (χ1n) is 8.99. The molecule has 0 unspecified atom stereocenters. The molecule has 2 N–H and O–H groups in total. The molecule has 0 spiro atoms. The minimum atomic E-state index is 0.910. The van der Waals surface area contributed by atoms with E-state index in [1.165, 1.54) is 50.3 Å². The van der Waals surface area contributed by atoms with Gasteiger partial charge in [-0.25, -0.2) is 0 Å². The Labute approximate surface area is 145 Å². The maximum atomic E-state index is 4.05. The smallest absolute Gasteiger partial charge is 0.0535 e. The number of benzene rings is 1. The van der Waals surface area contributed by atoms with Gasteiger partial charge in [0, 0.05) is 50.5 Å². The Hall–Kier alpha value is -1.69. The molecule has 130 valence electrons. The van der Waals surface area contributed by atoms with Crippen LogP contribution in [0.2, 0.25) is 0 Å². The lowest BCUT2D eigenvalue weighted by molar-refractivity contribution is 0.126. The van der Waals surface area contributed by atoms with Crippen molar-refractivity contribution in [2.45, 2.75) is 26.4 Å². The van der Waals surface area contributed by atoms with Crippen LogP contribution in [0.5, 0.6) is 0 Å². The summed E-state index contributed by atoms with van der Waals surface area (Å²) in [7, 11) is 0. The van der Waals surface area contributed by atoms with Gasteiger partial charge in [-0.3, -0.25) is 10.00 Å². The quantitative estimate of drug-likeness (QED) is 0.728. The Morgan fingerprint density at radius 1 is 1.08 bits per heavy atom. The summed E-state index contributed by atoms with van der Waals surface area (Å²) in [5.74, 6) is 0. The summed E-state index contributed by atoms with van der Waals surface area (Å²) in [5, 5.41) is 10.5. The third kappa shape index (κ3) is 5.16. The lowest BCUT2D eigenvalue weighted by atomic mass is 10.2. The summed E-state index contributed by atoms with van der Waals surface area (Å²) < 4.78 is 0. The monoisotopic (exact) mass is 327 g/mol. The van der Waals surface area contributed by atoms with Crippen LogP contribution in [-0.2, 0) is 13.1 Å². The van der Waals surface area contributed by atoms with E-state index in [4.69, 9.17) is 0 Å². The fourth-order valence-corrected chi connectivity index (χ4v) is 3.22. The fraction of sp³-hybridized carbons (Fsp3) is 0.526. The van der Waals surface area contributed by atoms with Crippen LogP contribution in [0.15, 0.2) is 36.5 Å². The molecule has 1 aliphatic heterocycles. The molecule has 5 heteroatoms. The van der Waals surface area contributed by atoms with Crippen LogP contribution in [0.4, 0.5) is 0 Å². The molecule has 0 bridgehead atoms. The van der Waals surface area contributed by atoms with Gasteiger partial charge in [-0.15, -0.1) is 0 Å². The molecule has 1 aromatic heterocycles. The summed E-state index contributed by atoms with van der Waals surface area (Å²) in [6.07, 6.45) is 3.11. The van der Waals surface area contributed by atoms with E-state index in [0.717, 1.165) is 25.3 Å². The lowest BCUT2D eigenvalue weighted by Gasteiger charge is -2.34. The zero-order valence-corrected chi connectivity index (χ0v) is 14.7. The van der Waals surface area contributed by atoms with Crippen molar-refractivity contribution >= 4 is 0 Å². The van der Waals surface area contributed by atoms with Gasteiger partial charge < -0.3 is 10.2 Å². The van der Waals surface area contributed by atoms with Crippen LogP contribution < -0.4 is 5.32 Å². The zero-order valence-electron chi connectivity index (χ0n) is 14.7. The number of aromatic amines is 1. The van der Waals surface area contributed by atoms with Crippen molar-refractivity contribution in [1.29, 1.82) is 0 Å². The van der Waals surface area contributed by atoms with Crippen molar-refractivity contribution in [3.63, 3.8) is 0 Å². The number of nitrogens with one attached hydrogen (secondary N) is 2. The Morgan fingerprint density at radius 2 is 1.83 bits per heavy atom. The largest absolute Gasteiger partial charge is 0.312 e. The van der Waals surface area contributed by atoms with E-state index in [0.29, 0.717) is 0 Å². The zero-order chi connectivity index (χ0) is 16.6. The van der Waals surface area contributed by atoms with E-state index in [-0.39, 0.29) is 0 Å². The molecule has 2 heterocycles. The second-order valence-corrected chi connectivity index (χ2v) is 6.65. The third-order valence-electron chi connectivity index (χ3n) is 4.79. The molecular formula is C19H29N5. The number of hydrogen-bond donors (Lipinski definition) is 2. The van der Waals surface area contributed by atoms with Crippen LogP contribution in [0, 0.1) is 6.92 Å². The predicted octanol–water partition coefficient (Wildman–Crippen LogP) is 2.02. The van der Waals surface area contributed by atoms with Crippen molar-refractivity contribution in [1.82, 2.24) is 25.3 Å². The van der Waals surface area contributed by atoms with Gasteiger partial charge in [0.25, 0.3) is 0 Å². The van der Waals surface area contributed by atoms with E-state index in [9.17, 15) is 0 Å².